The van der Waals surface area contributed by atoms with E-state index in [1.165, 1.54) is 11.1 Å². The minimum Gasteiger partial charge on any atom is -0.489 e. The van der Waals surface area contributed by atoms with Gasteiger partial charge in [-0.25, -0.2) is 0 Å². The van der Waals surface area contributed by atoms with E-state index in [0.717, 1.165) is 22.6 Å². The highest BCUT2D eigenvalue weighted by Crippen LogP contribution is 2.29. The van der Waals surface area contributed by atoms with Crippen LogP contribution in [0.4, 0.5) is 0 Å². The van der Waals surface area contributed by atoms with Crippen LogP contribution in [0, 0.1) is 13.8 Å². The number of hydrogen-bond donors (Lipinski definition) is 0. The van der Waals surface area contributed by atoms with Crippen LogP contribution in [0.5, 0.6) is 0 Å². The van der Waals surface area contributed by atoms with Gasteiger partial charge in [-0.05, 0) is 39.8 Å². The zero-order valence-corrected chi connectivity index (χ0v) is 13.8. The van der Waals surface area contributed by atoms with Gasteiger partial charge in [-0.15, -0.1) is 0 Å². The average molecular weight is 296 g/mol. The molecule has 0 N–H and O–H groups in total. The third kappa shape index (κ3) is 3.91. The van der Waals surface area contributed by atoms with E-state index in [4.69, 9.17) is 9.47 Å². The molecule has 0 atom stereocenters. The van der Waals surface area contributed by atoms with Gasteiger partial charge in [0.15, 0.2) is 11.5 Å². The fraction of sp³-hybridized carbons (Fsp3) is 0.300. The molecular weight excluding hydrogens is 272 g/mol. The zero-order chi connectivity index (χ0) is 15.9. The first-order valence-corrected chi connectivity index (χ1v) is 7.79. The molecule has 0 heterocycles. The van der Waals surface area contributed by atoms with Gasteiger partial charge in [0.05, 0.1) is 13.2 Å². The van der Waals surface area contributed by atoms with Gasteiger partial charge in [0.2, 0.25) is 0 Å². The fourth-order valence-electron chi connectivity index (χ4n) is 2.42. The van der Waals surface area contributed by atoms with Crippen LogP contribution in [-0.2, 0) is 9.47 Å². The molecule has 0 unspecified atom stereocenters. The molecule has 0 amide bonds. The van der Waals surface area contributed by atoms with Crippen molar-refractivity contribution in [2.75, 3.05) is 13.2 Å². The van der Waals surface area contributed by atoms with E-state index in [0.29, 0.717) is 13.2 Å². The highest BCUT2D eigenvalue weighted by Gasteiger charge is 2.15. The van der Waals surface area contributed by atoms with Gasteiger partial charge in [-0.3, -0.25) is 0 Å². The van der Waals surface area contributed by atoms with E-state index in [-0.39, 0.29) is 0 Å². The number of aryl methyl sites for hydroxylation is 2. The minimum absolute atomic E-state index is 0.603. The number of hydrogen-bond acceptors (Lipinski definition) is 2. The monoisotopic (exact) mass is 296 g/mol. The van der Waals surface area contributed by atoms with Crippen molar-refractivity contribution in [1.29, 1.82) is 0 Å². The van der Waals surface area contributed by atoms with Crippen LogP contribution in [0.3, 0.4) is 0 Å². The first kappa shape index (κ1) is 16.2. The summed E-state index contributed by atoms with van der Waals surface area (Å²) in [6.45, 7) is 9.36. The van der Waals surface area contributed by atoms with E-state index in [1.807, 2.05) is 26.0 Å². The van der Waals surface area contributed by atoms with Crippen LogP contribution >= 0.6 is 0 Å². The highest BCUT2D eigenvalue weighted by atomic mass is 16.5. The lowest BCUT2D eigenvalue weighted by molar-refractivity contribution is 0.261. The topological polar surface area (TPSA) is 18.5 Å². The third-order valence-electron chi connectivity index (χ3n) is 3.34. The molecule has 0 radical (unpaired) electrons. The van der Waals surface area contributed by atoms with E-state index >= 15 is 0 Å². The van der Waals surface area contributed by atoms with Gasteiger partial charge < -0.3 is 9.47 Å². The summed E-state index contributed by atoms with van der Waals surface area (Å²) in [7, 11) is 0. The van der Waals surface area contributed by atoms with E-state index in [9.17, 15) is 0 Å². The molecular formula is C20H24O2. The normalized spacial score (nSPS) is 11.8. The average Bonchev–Trinajstić information content (AvgIpc) is 2.51. The summed E-state index contributed by atoms with van der Waals surface area (Å²) in [6.07, 6.45) is 0. The Morgan fingerprint density at radius 3 is 1.45 bits per heavy atom. The lowest BCUT2D eigenvalue weighted by atomic mass is 10.0. The summed E-state index contributed by atoms with van der Waals surface area (Å²) in [4.78, 5) is 0. The van der Waals surface area contributed by atoms with Gasteiger partial charge in [-0.2, -0.15) is 0 Å². The molecule has 2 rings (SSSR count). The van der Waals surface area contributed by atoms with Crippen molar-refractivity contribution in [3.05, 3.63) is 70.8 Å². The maximum absolute atomic E-state index is 5.95. The standard InChI is InChI=1S/C20H24O2/c1-5-21-19(17-11-7-9-15(3)13-17)20(22-6-2)18-12-8-10-16(4)14-18/h7-14H,5-6H2,1-4H3/b20-19-. The Hall–Kier alpha value is -2.22. The van der Waals surface area contributed by atoms with Crippen molar-refractivity contribution >= 4 is 11.5 Å². The van der Waals surface area contributed by atoms with Gasteiger partial charge in [0.1, 0.15) is 0 Å². The number of ether oxygens (including phenoxy) is 2. The van der Waals surface area contributed by atoms with E-state index in [1.54, 1.807) is 0 Å². The highest BCUT2D eigenvalue weighted by molar-refractivity contribution is 5.84. The van der Waals surface area contributed by atoms with Crippen molar-refractivity contribution < 1.29 is 9.47 Å². The summed E-state index contributed by atoms with van der Waals surface area (Å²) >= 11 is 0. The largest absolute Gasteiger partial charge is 0.489 e. The van der Waals surface area contributed by atoms with Crippen LogP contribution in [0.25, 0.3) is 11.5 Å². The van der Waals surface area contributed by atoms with Gasteiger partial charge in [0.25, 0.3) is 0 Å². The molecule has 2 heteroatoms. The summed E-state index contributed by atoms with van der Waals surface area (Å²) < 4.78 is 11.9. The second-order valence-electron chi connectivity index (χ2n) is 5.26. The van der Waals surface area contributed by atoms with Crippen LogP contribution in [-0.4, -0.2) is 13.2 Å². The van der Waals surface area contributed by atoms with Gasteiger partial charge in [0, 0.05) is 11.1 Å². The molecule has 0 aromatic heterocycles. The van der Waals surface area contributed by atoms with Crippen molar-refractivity contribution in [2.45, 2.75) is 27.7 Å². The molecule has 0 bridgehead atoms. The first-order valence-electron chi connectivity index (χ1n) is 7.79. The second kappa shape index (κ2) is 7.69. The SMILES string of the molecule is CCO/C(=C(\OCC)c1cccc(C)c1)c1cccc(C)c1. The van der Waals surface area contributed by atoms with Crippen LogP contribution in [0.2, 0.25) is 0 Å². The first-order chi connectivity index (χ1) is 10.7. The fourth-order valence-corrected chi connectivity index (χ4v) is 2.42. The predicted octanol–water partition coefficient (Wildman–Crippen LogP) is 5.20. The van der Waals surface area contributed by atoms with Crippen molar-refractivity contribution in [3.63, 3.8) is 0 Å². The summed E-state index contributed by atoms with van der Waals surface area (Å²) in [5.41, 5.74) is 4.50. The van der Waals surface area contributed by atoms with Crippen molar-refractivity contribution in [2.24, 2.45) is 0 Å². The predicted molar refractivity (Wildman–Crippen MR) is 92.4 cm³/mol. The Bertz CT molecular complexity index is 599. The molecule has 2 aromatic carbocycles. The molecule has 2 aromatic rings. The Labute approximate surface area is 133 Å². The Balaban J connectivity index is 2.61. The number of rotatable bonds is 6. The van der Waals surface area contributed by atoms with E-state index < -0.39 is 0 Å². The molecule has 0 fully saturated rings. The summed E-state index contributed by atoms with van der Waals surface area (Å²) in [5.74, 6) is 1.61. The van der Waals surface area contributed by atoms with E-state index in [2.05, 4.69) is 50.2 Å². The zero-order valence-electron chi connectivity index (χ0n) is 13.8. The lowest BCUT2D eigenvalue weighted by Gasteiger charge is -2.17. The van der Waals surface area contributed by atoms with Crippen LogP contribution in [0.15, 0.2) is 48.5 Å². The third-order valence-corrected chi connectivity index (χ3v) is 3.34. The number of benzene rings is 2. The van der Waals surface area contributed by atoms with Gasteiger partial charge >= 0.3 is 0 Å². The second-order valence-corrected chi connectivity index (χ2v) is 5.26. The minimum atomic E-state index is 0.603. The Morgan fingerprint density at radius 1 is 0.727 bits per heavy atom. The smallest absolute Gasteiger partial charge is 0.168 e. The Morgan fingerprint density at radius 2 is 1.14 bits per heavy atom. The van der Waals surface area contributed by atoms with Crippen LogP contribution < -0.4 is 0 Å². The lowest BCUT2D eigenvalue weighted by Crippen LogP contribution is -2.01. The molecule has 116 valence electrons. The molecule has 0 saturated heterocycles. The molecule has 2 nitrogen and oxygen atoms in total. The summed E-state index contributed by atoms with van der Waals surface area (Å²) in [6, 6.07) is 16.6. The van der Waals surface area contributed by atoms with Crippen LogP contribution in [0.1, 0.15) is 36.1 Å². The maximum Gasteiger partial charge on any atom is 0.168 e. The van der Waals surface area contributed by atoms with Gasteiger partial charge in [-0.1, -0.05) is 47.5 Å². The molecule has 22 heavy (non-hydrogen) atoms. The Kier molecular flexibility index (Phi) is 5.65. The molecule has 0 saturated carbocycles. The summed E-state index contributed by atoms with van der Waals surface area (Å²) in [5, 5.41) is 0. The van der Waals surface area contributed by atoms with Crippen molar-refractivity contribution in [3.8, 4) is 0 Å². The molecule has 0 aliphatic heterocycles. The van der Waals surface area contributed by atoms with Crippen molar-refractivity contribution in [1.82, 2.24) is 0 Å². The molecule has 0 aliphatic rings. The molecule has 0 aliphatic carbocycles. The molecule has 0 spiro atoms. The maximum atomic E-state index is 5.95. The quantitative estimate of drug-likeness (QED) is 0.538.